The predicted octanol–water partition coefficient (Wildman–Crippen LogP) is 0.318. The van der Waals surface area contributed by atoms with Gasteiger partial charge in [0, 0.05) is 0 Å². The molecule has 1 saturated carbocycles. The Kier molecular flexibility index (Phi) is 2.68. The van der Waals surface area contributed by atoms with Crippen molar-refractivity contribution < 1.29 is 9.53 Å². The standard InChI is InChI=1S/C6H11NO2.ClH/c1-4-3-6(4,7)5(8)9-2;/h4H,3,7H2,1-2H3;1H/t4-,6-;/m1./s1. The van der Waals surface area contributed by atoms with Crippen LogP contribution in [0.4, 0.5) is 0 Å². The Balaban J connectivity index is 0.000000810. The first kappa shape index (κ1) is 9.72. The smallest absolute Gasteiger partial charge is 0.326 e. The minimum absolute atomic E-state index is 0. The summed E-state index contributed by atoms with van der Waals surface area (Å²) in [5.74, 6) is 0.0138. The van der Waals surface area contributed by atoms with Crippen molar-refractivity contribution >= 4 is 18.4 Å². The largest absolute Gasteiger partial charge is 0.468 e. The molecule has 1 aliphatic carbocycles. The number of rotatable bonds is 1. The van der Waals surface area contributed by atoms with E-state index in [1.165, 1.54) is 7.11 Å². The molecule has 3 nitrogen and oxygen atoms in total. The van der Waals surface area contributed by atoms with E-state index in [2.05, 4.69) is 4.74 Å². The lowest BCUT2D eigenvalue weighted by atomic mass is 10.2. The van der Waals surface area contributed by atoms with Crippen LogP contribution >= 0.6 is 12.4 Å². The zero-order valence-electron chi connectivity index (χ0n) is 6.09. The van der Waals surface area contributed by atoms with Crippen molar-refractivity contribution in [2.75, 3.05) is 7.11 Å². The van der Waals surface area contributed by atoms with Crippen LogP contribution in [0.1, 0.15) is 13.3 Å². The Morgan fingerprint density at radius 1 is 1.80 bits per heavy atom. The van der Waals surface area contributed by atoms with Crippen LogP contribution in [-0.2, 0) is 9.53 Å². The van der Waals surface area contributed by atoms with Crippen LogP contribution in [0.5, 0.6) is 0 Å². The van der Waals surface area contributed by atoms with Gasteiger partial charge in [-0.1, -0.05) is 6.92 Å². The molecule has 2 N–H and O–H groups in total. The number of methoxy groups -OCH3 is 1. The van der Waals surface area contributed by atoms with Gasteiger partial charge in [-0.05, 0) is 12.3 Å². The van der Waals surface area contributed by atoms with Gasteiger partial charge in [-0.25, -0.2) is 0 Å². The molecular formula is C6H12ClNO2. The number of esters is 1. The first-order valence-electron chi connectivity index (χ1n) is 2.98. The van der Waals surface area contributed by atoms with Crippen LogP contribution in [0.15, 0.2) is 0 Å². The summed E-state index contributed by atoms with van der Waals surface area (Å²) in [6.45, 7) is 1.94. The van der Waals surface area contributed by atoms with Crippen LogP contribution < -0.4 is 5.73 Å². The molecule has 1 rings (SSSR count). The molecule has 0 aromatic carbocycles. The quantitative estimate of drug-likeness (QED) is 0.570. The van der Waals surface area contributed by atoms with E-state index in [0.29, 0.717) is 5.92 Å². The molecule has 0 saturated heterocycles. The maximum Gasteiger partial charge on any atom is 0.326 e. The predicted molar refractivity (Wildman–Crippen MR) is 40.0 cm³/mol. The number of hydrogen-bond donors (Lipinski definition) is 1. The number of halogens is 1. The van der Waals surface area contributed by atoms with E-state index in [1.807, 2.05) is 6.92 Å². The van der Waals surface area contributed by atoms with Gasteiger partial charge in [-0.2, -0.15) is 0 Å². The highest BCUT2D eigenvalue weighted by Crippen LogP contribution is 2.40. The van der Waals surface area contributed by atoms with Crippen molar-refractivity contribution in [2.45, 2.75) is 18.9 Å². The molecule has 1 fully saturated rings. The molecule has 0 unspecified atom stereocenters. The molecular weight excluding hydrogens is 154 g/mol. The van der Waals surface area contributed by atoms with Gasteiger partial charge in [0.05, 0.1) is 7.11 Å². The van der Waals surface area contributed by atoms with Gasteiger partial charge in [0.25, 0.3) is 0 Å². The molecule has 0 heterocycles. The Morgan fingerprint density at radius 3 is 2.30 bits per heavy atom. The average Bonchev–Trinajstić information content (AvgIpc) is 2.41. The van der Waals surface area contributed by atoms with Crippen molar-refractivity contribution in [3.8, 4) is 0 Å². The van der Waals surface area contributed by atoms with Crippen molar-refractivity contribution in [3.05, 3.63) is 0 Å². The Labute approximate surface area is 66.3 Å². The zero-order valence-corrected chi connectivity index (χ0v) is 6.90. The highest BCUT2D eigenvalue weighted by atomic mass is 35.5. The van der Waals surface area contributed by atoms with Crippen LogP contribution in [-0.4, -0.2) is 18.6 Å². The number of hydrogen-bond acceptors (Lipinski definition) is 3. The second-order valence-corrected chi connectivity index (χ2v) is 2.64. The fourth-order valence-corrected chi connectivity index (χ4v) is 0.922. The zero-order chi connectivity index (χ0) is 7.07. The van der Waals surface area contributed by atoms with E-state index in [9.17, 15) is 4.79 Å². The lowest BCUT2D eigenvalue weighted by molar-refractivity contribution is -0.143. The van der Waals surface area contributed by atoms with Gasteiger partial charge in [0.15, 0.2) is 0 Å². The molecule has 60 valence electrons. The molecule has 0 aromatic rings. The van der Waals surface area contributed by atoms with Crippen LogP contribution in [0, 0.1) is 5.92 Å². The highest BCUT2D eigenvalue weighted by molar-refractivity contribution is 5.85. The molecule has 0 spiro atoms. The summed E-state index contributed by atoms with van der Waals surface area (Å²) in [7, 11) is 1.36. The van der Waals surface area contributed by atoms with Crippen molar-refractivity contribution in [1.29, 1.82) is 0 Å². The summed E-state index contributed by atoms with van der Waals surface area (Å²) < 4.78 is 4.48. The number of ether oxygens (including phenoxy) is 1. The molecule has 2 atom stereocenters. The summed E-state index contributed by atoms with van der Waals surface area (Å²) in [6.07, 6.45) is 0.764. The van der Waals surface area contributed by atoms with Crippen molar-refractivity contribution in [2.24, 2.45) is 11.7 Å². The van der Waals surface area contributed by atoms with Gasteiger partial charge in [-0.15, -0.1) is 12.4 Å². The summed E-state index contributed by atoms with van der Waals surface area (Å²) >= 11 is 0. The van der Waals surface area contributed by atoms with E-state index < -0.39 is 5.54 Å². The van der Waals surface area contributed by atoms with E-state index in [-0.39, 0.29) is 18.4 Å². The fourth-order valence-electron chi connectivity index (χ4n) is 0.922. The first-order chi connectivity index (χ1) is 4.11. The number of carbonyl (C=O) groups is 1. The molecule has 0 aromatic heterocycles. The highest BCUT2D eigenvalue weighted by Gasteiger charge is 2.55. The number of nitrogens with two attached hydrogens (primary N) is 1. The molecule has 1 aliphatic rings. The Hall–Kier alpha value is -0.280. The molecule has 0 radical (unpaired) electrons. The minimum Gasteiger partial charge on any atom is -0.468 e. The summed E-state index contributed by atoms with van der Waals surface area (Å²) in [6, 6.07) is 0. The second kappa shape index (κ2) is 2.76. The van der Waals surface area contributed by atoms with Gasteiger partial charge in [0.2, 0.25) is 0 Å². The average molecular weight is 166 g/mol. The molecule has 0 aliphatic heterocycles. The van der Waals surface area contributed by atoms with Gasteiger partial charge < -0.3 is 10.5 Å². The maximum atomic E-state index is 10.8. The van der Waals surface area contributed by atoms with Crippen LogP contribution in [0.25, 0.3) is 0 Å². The molecule has 10 heavy (non-hydrogen) atoms. The van der Waals surface area contributed by atoms with E-state index in [0.717, 1.165) is 6.42 Å². The summed E-state index contributed by atoms with van der Waals surface area (Å²) in [5.41, 5.74) is 4.93. The maximum absolute atomic E-state index is 10.8. The molecule has 0 bridgehead atoms. The lowest BCUT2D eigenvalue weighted by Gasteiger charge is -2.04. The molecule has 0 amide bonds. The summed E-state index contributed by atoms with van der Waals surface area (Å²) in [4.78, 5) is 10.8. The second-order valence-electron chi connectivity index (χ2n) is 2.64. The number of carbonyl (C=O) groups excluding carboxylic acids is 1. The summed E-state index contributed by atoms with van der Waals surface area (Å²) in [5, 5.41) is 0. The topological polar surface area (TPSA) is 52.3 Å². The molecule has 4 heteroatoms. The third-order valence-electron chi connectivity index (χ3n) is 1.93. The van der Waals surface area contributed by atoms with Crippen molar-refractivity contribution in [1.82, 2.24) is 0 Å². The Morgan fingerprint density at radius 2 is 2.20 bits per heavy atom. The lowest BCUT2D eigenvalue weighted by Crippen LogP contribution is -2.35. The van der Waals surface area contributed by atoms with E-state index >= 15 is 0 Å². The normalized spacial score (nSPS) is 36.1. The third-order valence-corrected chi connectivity index (χ3v) is 1.93. The third kappa shape index (κ3) is 1.25. The SMILES string of the molecule is COC(=O)[C@@]1(N)C[C@H]1C.Cl. The Bertz CT molecular complexity index is 151. The van der Waals surface area contributed by atoms with Crippen LogP contribution in [0.2, 0.25) is 0 Å². The monoisotopic (exact) mass is 165 g/mol. The fraction of sp³-hybridized carbons (Fsp3) is 0.833. The van der Waals surface area contributed by atoms with Gasteiger partial charge in [0.1, 0.15) is 5.54 Å². The van der Waals surface area contributed by atoms with Crippen LogP contribution in [0.3, 0.4) is 0 Å². The van der Waals surface area contributed by atoms with Gasteiger partial charge >= 0.3 is 5.97 Å². The van der Waals surface area contributed by atoms with Gasteiger partial charge in [-0.3, -0.25) is 4.79 Å². The van der Waals surface area contributed by atoms with E-state index in [4.69, 9.17) is 5.73 Å². The van der Waals surface area contributed by atoms with Crippen molar-refractivity contribution in [3.63, 3.8) is 0 Å². The first-order valence-corrected chi connectivity index (χ1v) is 2.98. The minimum atomic E-state index is -0.644. The van der Waals surface area contributed by atoms with E-state index in [1.54, 1.807) is 0 Å².